The van der Waals surface area contributed by atoms with Crippen molar-refractivity contribution in [2.24, 2.45) is 5.41 Å². The van der Waals surface area contributed by atoms with Gasteiger partial charge in [-0.25, -0.2) is 8.42 Å². The molecule has 0 aliphatic carbocycles. The average molecular weight is 296 g/mol. The van der Waals surface area contributed by atoms with Crippen LogP contribution in [-0.4, -0.2) is 32.9 Å². The second-order valence-corrected chi connectivity index (χ2v) is 8.23. The van der Waals surface area contributed by atoms with E-state index >= 15 is 0 Å². The van der Waals surface area contributed by atoms with E-state index in [2.05, 4.69) is 19.2 Å². The van der Waals surface area contributed by atoms with Crippen molar-refractivity contribution in [1.29, 1.82) is 0 Å². The quantitative estimate of drug-likeness (QED) is 0.926. The fourth-order valence-electron chi connectivity index (χ4n) is 2.73. The Kier molecular flexibility index (Phi) is 4.23. The van der Waals surface area contributed by atoms with E-state index in [1.165, 1.54) is 0 Å². The molecule has 0 amide bonds. The number of nitrogens with one attached hydrogen (secondary N) is 1. The van der Waals surface area contributed by atoms with Gasteiger partial charge in [0, 0.05) is 19.6 Å². The summed E-state index contributed by atoms with van der Waals surface area (Å²) in [5, 5.41) is 3.08. The summed E-state index contributed by atoms with van der Waals surface area (Å²) in [7, 11) is -1.51. The number of rotatable bonds is 4. The van der Waals surface area contributed by atoms with E-state index in [0.29, 0.717) is 24.5 Å². The minimum atomic E-state index is -3.38. The van der Waals surface area contributed by atoms with Gasteiger partial charge in [-0.2, -0.15) is 4.31 Å². The lowest BCUT2D eigenvalue weighted by Gasteiger charge is -2.21. The molecule has 0 radical (unpaired) electrons. The van der Waals surface area contributed by atoms with E-state index < -0.39 is 10.0 Å². The Hall–Kier alpha value is -0.910. The lowest BCUT2D eigenvalue weighted by atomic mass is 9.93. The Morgan fingerprint density at radius 2 is 2.05 bits per heavy atom. The second kappa shape index (κ2) is 5.47. The lowest BCUT2D eigenvalue weighted by molar-refractivity contribution is 0.375. The van der Waals surface area contributed by atoms with Crippen LogP contribution >= 0.6 is 0 Å². The van der Waals surface area contributed by atoms with Gasteiger partial charge in [-0.15, -0.1) is 0 Å². The number of sulfonamides is 1. The molecule has 0 unspecified atom stereocenters. The van der Waals surface area contributed by atoms with Crippen molar-refractivity contribution < 1.29 is 8.42 Å². The van der Waals surface area contributed by atoms with Crippen molar-refractivity contribution in [3.05, 3.63) is 29.3 Å². The normalized spacial score (nSPS) is 19.4. The summed E-state index contributed by atoms with van der Waals surface area (Å²) in [5.41, 5.74) is 1.96. The van der Waals surface area contributed by atoms with Gasteiger partial charge in [0.05, 0.1) is 4.90 Å². The zero-order valence-corrected chi connectivity index (χ0v) is 13.5. The molecule has 1 aliphatic rings. The summed E-state index contributed by atoms with van der Waals surface area (Å²) in [4.78, 5) is 0.447. The first kappa shape index (κ1) is 15.5. The van der Waals surface area contributed by atoms with Crippen molar-refractivity contribution in [3.8, 4) is 0 Å². The van der Waals surface area contributed by atoms with Crippen LogP contribution in [0.4, 0.5) is 0 Å². The molecule has 0 saturated carbocycles. The van der Waals surface area contributed by atoms with E-state index in [-0.39, 0.29) is 5.41 Å². The van der Waals surface area contributed by atoms with Gasteiger partial charge in [-0.3, -0.25) is 0 Å². The minimum Gasteiger partial charge on any atom is -0.316 e. The van der Waals surface area contributed by atoms with Gasteiger partial charge in [0.25, 0.3) is 0 Å². The molecule has 1 aromatic rings. The summed E-state index contributed by atoms with van der Waals surface area (Å²) in [6.07, 6.45) is 0.918. The third kappa shape index (κ3) is 2.90. The number of hydrogen-bond acceptors (Lipinski definition) is 3. The van der Waals surface area contributed by atoms with Gasteiger partial charge >= 0.3 is 0 Å². The predicted molar refractivity (Wildman–Crippen MR) is 81.1 cm³/mol. The van der Waals surface area contributed by atoms with Crippen molar-refractivity contribution >= 4 is 10.0 Å². The van der Waals surface area contributed by atoms with Gasteiger partial charge in [0.1, 0.15) is 0 Å². The van der Waals surface area contributed by atoms with Crippen molar-refractivity contribution in [2.75, 3.05) is 20.1 Å². The van der Waals surface area contributed by atoms with Gasteiger partial charge in [0.2, 0.25) is 10.0 Å². The van der Waals surface area contributed by atoms with E-state index in [1.54, 1.807) is 10.4 Å². The van der Waals surface area contributed by atoms with Crippen LogP contribution in [0.2, 0.25) is 0 Å². The first-order chi connectivity index (χ1) is 9.28. The molecule has 1 saturated heterocycles. The van der Waals surface area contributed by atoms with Crippen LogP contribution in [0.3, 0.4) is 0 Å². The summed E-state index contributed by atoms with van der Waals surface area (Å²) in [5.74, 6) is 0. The molecule has 20 heavy (non-hydrogen) atoms. The molecule has 1 heterocycles. The molecule has 1 aliphatic heterocycles. The third-order valence-electron chi connectivity index (χ3n) is 4.02. The highest BCUT2D eigenvalue weighted by atomic mass is 32.2. The van der Waals surface area contributed by atoms with E-state index in [4.69, 9.17) is 0 Å². The van der Waals surface area contributed by atoms with Gasteiger partial charge in [-0.05, 0) is 43.0 Å². The SMILES string of the molecule is CNCc1cccc(S(=O)(=O)N2CCC(C)(C)C2)c1C. The summed E-state index contributed by atoms with van der Waals surface area (Å²) < 4.78 is 27.2. The number of benzene rings is 1. The van der Waals surface area contributed by atoms with Crippen LogP contribution in [0.5, 0.6) is 0 Å². The standard InChI is InChI=1S/C15H24N2O2S/c1-12-13(10-16-4)6-5-7-14(12)20(18,19)17-9-8-15(2,3)11-17/h5-7,16H,8-11H2,1-4H3. The van der Waals surface area contributed by atoms with E-state index in [9.17, 15) is 8.42 Å². The highest BCUT2D eigenvalue weighted by molar-refractivity contribution is 7.89. The monoisotopic (exact) mass is 296 g/mol. The smallest absolute Gasteiger partial charge is 0.243 e. The van der Waals surface area contributed by atoms with Crippen LogP contribution in [0.25, 0.3) is 0 Å². The van der Waals surface area contributed by atoms with E-state index in [1.807, 2.05) is 26.1 Å². The van der Waals surface area contributed by atoms with Crippen LogP contribution in [0.15, 0.2) is 23.1 Å². The molecule has 0 aromatic heterocycles. The highest BCUT2D eigenvalue weighted by Gasteiger charge is 2.37. The Balaban J connectivity index is 2.38. The summed E-state index contributed by atoms with van der Waals surface area (Å²) in [6, 6.07) is 5.52. The molecule has 1 aromatic carbocycles. The van der Waals surface area contributed by atoms with Crippen LogP contribution < -0.4 is 5.32 Å². The fraction of sp³-hybridized carbons (Fsp3) is 0.600. The maximum atomic E-state index is 12.8. The number of hydrogen-bond donors (Lipinski definition) is 1. The largest absolute Gasteiger partial charge is 0.316 e. The molecule has 5 heteroatoms. The third-order valence-corrected chi connectivity index (χ3v) is 6.01. The Bertz CT molecular complexity index is 594. The van der Waals surface area contributed by atoms with Crippen LogP contribution in [0.1, 0.15) is 31.4 Å². The number of nitrogens with zero attached hydrogens (tertiary/aromatic N) is 1. The summed E-state index contributed by atoms with van der Waals surface area (Å²) >= 11 is 0. The first-order valence-corrected chi connectivity index (χ1v) is 8.45. The summed E-state index contributed by atoms with van der Waals surface area (Å²) in [6.45, 7) is 8.02. The maximum absolute atomic E-state index is 12.8. The molecule has 112 valence electrons. The van der Waals surface area contributed by atoms with Crippen molar-refractivity contribution in [2.45, 2.75) is 38.6 Å². The minimum absolute atomic E-state index is 0.0730. The molecular formula is C15H24N2O2S. The maximum Gasteiger partial charge on any atom is 0.243 e. The van der Waals surface area contributed by atoms with Crippen molar-refractivity contribution in [3.63, 3.8) is 0 Å². The van der Waals surface area contributed by atoms with Gasteiger partial charge in [-0.1, -0.05) is 26.0 Å². The Morgan fingerprint density at radius 3 is 2.60 bits per heavy atom. The lowest BCUT2D eigenvalue weighted by Crippen LogP contribution is -2.31. The molecule has 1 N–H and O–H groups in total. The van der Waals surface area contributed by atoms with Crippen LogP contribution in [0, 0.1) is 12.3 Å². The zero-order chi connectivity index (χ0) is 15.0. The molecule has 4 nitrogen and oxygen atoms in total. The first-order valence-electron chi connectivity index (χ1n) is 7.01. The molecule has 0 spiro atoms. The molecule has 2 rings (SSSR count). The Morgan fingerprint density at radius 1 is 1.35 bits per heavy atom. The molecule has 0 bridgehead atoms. The molecule has 0 atom stereocenters. The molecule has 1 fully saturated rings. The van der Waals surface area contributed by atoms with Crippen LogP contribution in [-0.2, 0) is 16.6 Å². The van der Waals surface area contributed by atoms with E-state index in [0.717, 1.165) is 17.5 Å². The Labute approximate surface area is 122 Å². The van der Waals surface area contributed by atoms with Gasteiger partial charge in [0.15, 0.2) is 0 Å². The second-order valence-electron chi connectivity index (χ2n) is 6.32. The van der Waals surface area contributed by atoms with Crippen molar-refractivity contribution in [1.82, 2.24) is 9.62 Å². The van der Waals surface area contributed by atoms with Gasteiger partial charge < -0.3 is 5.32 Å². The highest BCUT2D eigenvalue weighted by Crippen LogP contribution is 2.33. The topological polar surface area (TPSA) is 49.4 Å². The fourth-order valence-corrected chi connectivity index (χ4v) is 4.63. The molecular weight excluding hydrogens is 272 g/mol. The average Bonchev–Trinajstić information content (AvgIpc) is 2.73. The predicted octanol–water partition coefficient (Wildman–Crippen LogP) is 2.14. The zero-order valence-electron chi connectivity index (χ0n) is 12.7.